The number of hydrogen-bond donors (Lipinski definition) is 2. The highest BCUT2D eigenvalue weighted by atomic mass is 32.1. The maximum atomic E-state index is 11.7. The average Bonchev–Trinajstić information content (AvgIpc) is 2.35. The second-order valence-electron chi connectivity index (χ2n) is 4.11. The normalized spacial score (nSPS) is 12.3. The lowest BCUT2D eigenvalue weighted by Crippen LogP contribution is -2.33. The first kappa shape index (κ1) is 13.8. The van der Waals surface area contributed by atoms with E-state index in [1.54, 1.807) is 19.4 Å². The third kappa shape index (κ3) is 4.26. The minimum absolute atomic E-state index is 0.0564. The van der Waals surface area contributed by atoms with Crippen molar-refractivity contribution in [3.8, 4) is 5.88 Å². The van der Waals surface area contributed by atoms with Gasteiger partial charge in [-0.25, -0.2) is 4.98 Å². The van der Waals surface area contributed by atoms with Gasteiger partial charge >= 0.3 is 0 Å². The fourth-order valence-electron chi connectivity index (χ4n) is 1.27. The summed E-state index contributed by atoms with van der Waals surface area (Å²) in [6.45, 7) is 4.39. The largest absolute Gasteiger partial charge is 0.481 e. The molecule has 1 rings (SSSR count). The third-order valence-electron chi connectivity index (χ3n) is 2.38. The molecule has 0 aromatic carbocycles. The summed E-state index contributed by atoms with van der Waals surface area (Å²) in [6, 6.07) is 3.63. The molecule has 1 N–H and O–H groups in total. The van der Waals surface area contributed by atoms with Crippen LogP contribution >= 0.6 is 12.6 Å². The Labute approximate surface area is 107 Å². The number of carbonyl (C=O) groups is 1. The van der Waals surface area contributed by atoms with Crippen molar-refractivity contribution < 1.29 is 9.53 Å². The second-order valence-corrected chi connectivity index (χ2v) is 4.67. The SMILES string of the molecule is COc1cc(CNC(=O)C(S)C(C)C)ccn1. The quantitative estimate of drug-likeness (QED) is 0.786. The number of hydrogen-bond acceptors (Lipinski definition) is 4. The number of nitrogens with one attached hydrogen (secondary N) is 1. The molecule has 0 saturated heterocycles. The fraction of sp³-hybridized carbons (Fsp3) is 0.500. The van der Waals surface area contributed by atoms with Crippen LogP contribution in [-0.4, -0.2) is 23.3 Å². The summed E-state index contributed by atoms with van der Waals surface area (Å²) >= 11 is 4.26. The van der Waals surface area contributed by atoms with Gasteiger partial charge in [0.15, 0.2) is 0 Å². The van der Waals surface area contributed by atoms with E-state index >= 15 is 0 Å². The Morgan fingerprint density at radius 2 is 2.29 bits per heavy atom. The highest BCUT2D eigenvalue weighted by Gasteiger charge is 2.16. The molecule has 0 aliphatic rings. The van der Waals surface area contributed by atoms with Crippen molar-refractivity contribution >= 4 is 18.5 Å². The highest BCUT2D eigenvalue weighted by Crippen LogP contribution is 2.10. The third-order valence-corrected chi connectivity index (χ3v) is 3.21. The van der Waals surface area contributed by atoms with Gasteiger partial charge in [0.1, 0.15) is 0 Å². The van der Waals surface area contributed by atoms with Crippen molar-refractivity contribution in [2.45, 2.75) is 25.6 Å². The van der Waals surface area contributed by atoms with Gasteiger partial charge in [0.2, 0.25) is 11.8 Å². The predicted molar refractivity (Wildman–Crippen MR) is 70.2 cm³/mol. The molecule has 94 valence electrons. The summed E-state index contributed by atoms with van der Waals surface area (Å²) in [5.41, 5.74) is 0.953. The number of thiol groups is 1. The standard InChI is InChI=1S/C12H18N2O2S/c1-8(2)11(17)12(15)14-7-9-4-5-13-10(6-9)16-3/h4-6,8,11,17H,7H2,1-3H3,(H,14,15). The maximum absolute atomic E-state index is 11.7. The minimum Gasteiger partial charge on any atom is -0.481 e. The van der Waals surface area contributed by atoms with Gasteiger partial charge in [-0.2, -0.15) is 12.6 Å². The van der Waals surface area contributed by atoms with Crippen LogP contribution < -0.4 is 10.1 Å². The van der Waals surface area contributed by atoms with Crippen molar-refractivity contribution in [1.82, 2.24) is 10.3 Å². The van der Waals surface area contributed by atoms with Crippen LogP contribution in [0.1, 0.15) is 19.4 Å². The van der Waals surface area contributed by atoms with Gasteiger partial charge in [0.05, 0.1) is 12.4 Å². The van der Waals surface area contributed by atoms with Crippen LogP contribution in [0.15, 0.2) is 18.3 Å². The summed E-state index contributed by atoms with van der Waals surface area (Å²) < 4.78 is 5.01. The zero-order valence-electron chi connectivity index (χ0n) is 10.3. The van der Waals surface area contributed by atoms with E-state index in [0.29, 0.717) is 12.4 Å². The summed E-state index contributed by atoms with van der Waals surface area (Å²) in [5.74, 6) is 0.701. The van der Waals surface area contributed by atoms with Crippen LogP contribution in [0.2, 0.25) is 0 Å². The molecule has 1 atom stereocenters. The van der Waals surface area contributed by atoms with Gasteiger partial charge in [0, 0.05) is 18.8 Å². The molecule has 1 unspecified atom stereocenters. The van der Waals surface area contributed by atoms with E-state index in [1.807, 2.05) is 19.9 Å². The van der Waals surface area contributed by atoms with Gasteiger partial charge in [-0.3, -0.25) is 4.79 Å². The van der Waals surface area contributed by atoms with E-state index in [4.69, 9.17) is 4.74 Å². The van der Waals surface area contributed by atoms with Crippen molar-refractivity contribution in [3.05, 3.63) is 23.9 Å². The first-order chi connectivity index (χ1) is 8.04. The number of rotatable bonds is 5. The zero-order valence-corrected chi connectivity index (χ0v) is 11.2. The molecule has 0 saturated carbocycles. The smallest absolute Gasteiger partial charge is 0.233 e. The lowest BCUT2D eigenvalue weighted by Gasteiger charge is -2.14. The highest BCUT2D eigenvalue weighted by molar-refractivity contribution is 7.81. The van der Waals surface area contributed by atoms with Gasteiger partial charge in [-0.05, 0) is 17.5 Å². The molecule has 17 heavy (non-hydrogen) atoms. The van der Waals surface area contributed by atoms with E-state index in [-0.39, 0.29) is 17.1 Å². The number of amides is 1. The first-order valence-corrected chi connectivity index (χ1v) is 6.01. The second kappa shape index (κ2) is 6.49. The molecular formula is C12H18N2O2S. The Hall–Kier alpha value is -1.23. The molecule has 0 bridgehead atoms. The number of aromatic nitrogens is 1. The summed E-state index contributed by atoms with van der Waals surface area (Å²) in [6.07, 6.45) is 1.65. The zero-order chi connectivity index (χ0) is 12.8. The Morgan fingerprint density at radius 3 is 2.88 bits per heavy atom. The minimum atomic E-state index is -0.279. The number of pyridine rings is 1. The van der Waals surface area contributed by atoms with E-state index in [0.717, 1.165) is 5.56 Å². The molecule has 5 heteroatoms. The van der Waals surface area contributed by atoms with Crippen LogP contribution in [0.5, 0.6) is 5.88 Å². The molecule has 0 fully saturated rings. The molecule has 0 aliphatic carbocycles. The van der Waals surface area contributed by atoms with Crippen LogP contribution in [0.3, 0.4) is 0 Å². The van der Waals surface area contributed by atoms with Gasteiger partial charge in [0.25, 0.3) is 0 Å². The van der Waals surface area contributed by atoms with Crippen molar-refractivity contribution in [3.63, 3.8) is 0 Å². The molecule has 4 nitrogen and oxygen atoms in total. The van der Waals surface area contributed by atoms with Gasteiger partial charge in [-0.15, -0.1) is 0 Å². The number of nitrogens with zero attached hydrogens (tertiary/aromatic N) is 1. The number of methoxy groups -OCH3 is 1. The monoisotopic (exact) mass is 254 g/mol. The summed E-state index contributed by atoms with van der Waals surface area (Å²) in [7, 11) is 1.56. The summed E-state index contributed by atoms with van der Waals surface area (Å²) in [5, 5.41) is 2.55. The van der Waals surface area contributed by atoms with E-state index in [9.17, 15) is 4.79 Å². The molecule has 1 heterocycles. The van der Waals surface area contributed by atoms with E-state index in [2.05, 4.69) is 22.9 Å². The van der Waals surface area contributed by atoms with Crippen molar-refractivity contribution in [1.29, 1.82) is 0 Å². The van der Waals surface area contributed by atoms with Gasteiger partial charge in [-0.1, -0.05) is 13.8 Å². The average molecular weight is 254 g/mol. The molecule has 0 spiro atoms. The van der Waals surface area contributed by atoms with Crippen LogP contribution in [0, 0.1) is 5.92 Å². The van der Waals surface area contributed by atoms with Crippen molar-refractivity contribution in [2.24, 2.45) is 5.92 Å². The van der Waals surface area contributed by atoms with Crippen LogP contribution in [0.25, 0.3) is 0 Å². The topological polar surface area (TPSA) is 51.2 Å². The lowest BCUT2D eigenvalue weighted by molar-refractivity contribution is -0.121. The van der Waals surface area contributed by atoms with E-state index in [1.165, 1.54) is 0 Å². The van der Waals surface area contributed by atoms with E-state index < -0.39 is 0 Å². The fourth-order valence-corrected chi connectivity index (χ4v) is 1.36. The first-order valence-electron chi connectivity index (χ1n) is 5.49. The molecule has 1 aromatic heterocycles. The van der Waals surface area contributed by atoms with Crippen LogP contribution in [-0.2, 0) is 11.3 Å². The molecular weight excluding hydrogens is 236 g/mol. The molecule has 0 radical (unpaired) electrons. The van der Waals surface area contributed by atoms with Crippen molar-refractivity contribution in [2.75, 3.05) is 7.11 Å². The number of ether oxygens (including phenoxy) is 1. The Balaban J connectivity index is 2.52. The maximum Gasteiger partial charge on any atom is 0.233 e. The number of carbonyl (C=O) groups excluding carboxylic acids is 1. The van der Waals surface area contributed by atoms with Gasteiger partial charge < -0.3 is 10.1 Å². The predicted octanol–water partition coefficient (Wildman–Crippen LogP) is 1.66. The lowest BCUT2D eigenvalue weighted by atomic mass is 10.1. The summed E-state index contributed by atoms with van der Waals surface area (Å²) in [4.78, 5) is 15.7. The molecule has 0 aliphatic heterocycles. The molecule has 1 aromatic rings. The molecule has 1 amide bonds. The Morgan fingerprint density at radius 1 is 1.59 bits per heavy atom. The Kier molecular flexibility index (Phi) is 5.28. The Bertz CT molecular complexity index is 383. The van der Waals surface area contributed by atoms with Crippen LogP contribution in [0.4, 0.5) is 0 Å².